The summed E-state index contributed by atoms with van der Waals surface area (Å²) < 4.78 is 1.67. The number of aryl methyl sites for hydroxylation is 1. The molecule has 4 bridgehead atoms. The average molecular weight is 332 g/mol. The van der Waals surface area contributed by atoms with E-state index in [1.807, 2.05) is 13.2 Å². The number of nitrogens with one attached hydrogen (secondary N) is 2. The third-order valence-electron chi connectivity index (χ3n) is 6.40. The second-order valence-corrected chi connectivity index (χ2v) is 8.43. The molecule has 3 N–H and O–H groups in total. The Hall–Kier alpha value is -1.56. The summed E-state index contributed by atoms with van der Waals surface area (Å²) in [5, 5.41) is 19.6. The van der Waals surface area contributed by atoms with Crippen LogP contribution in [0.4, 0.5) is 4.79 Å². The van der Waals surface area contributed by atoms with Crippen LogP contribution in [-0.4, -0.2) is 34.1 Å². The molecule has 0 saturated heterocycles. The Bertz CT molecular complexity index is 577. The van der Waals surface area contributed by atoms with Gasteiger partial charge in [0.05, 0.1) is 18.8 Å². The van der Waals surface area contributed by atoms with E-state index in [1.165, 1.54) is 38.5 Å². The van der Waals surface area contributed by atoms with Crippen LogP contribution in [0.2, 0.25) is 0 Å². The lowest BCUT2D eigenvalue weighted by Crippen LogP contribution is -2.52. The van der Waals surface area contributed by atoms with Crippen molar-refractivity contribution in [2.24, 2.45) is 30.2 Å². The summed E-state index contributed by atoms with van der Waals surface area (Å²) >= 11 is 0. The smallest absolute Gasteiger partial charge is 0.315 e. The first-order chi connectivity index (χ1) is 11.5. The molecule has 2 amide bonds. The number of hydrogen-bond acceptors (Lipinski definition) is 3. The Morgan fingerprint density at radius 2 is 1.96 bits per heavy atom. The summed E-state index contributed by atoms with van der Waals surface area (Å²) in [6, 6.07) is -0.594. The Morgan fingerprint density at radius 3 is 2.46 bits per heavy atom. The summed E-state index contributed by atoms with van der Waals surface area (Å²) in [5.41, 5.74) is 1.15. The molecule has 1 aromatic heterocycles. The molecular formula is C18H28N4O2. The van der Waals surface area contributed by atoms with E-state index >= 15 is 0 Å². The standard InChI is InChI=1S/C18H28N4O2/c1-22-9-15(8-20-22)16(10-23)21-17(24)19-11-18-5-12-2-13(6-18)4-14(3-12)7-18/h8-9,12-14,16,23H,2-7,10-11H2,1H3,(H2,19,21,24)/t12?,13?,14?,16-,18?/m0/s1. The van der Waals surface area contributed by atoms with Crippen molar-refractivity contribution in [3.63, 3.8) is 0 Å². The summed E-state index contributed by atoms with van der Waals surface area (Å²) in [6.07, 6.45) is 11.6. The number of carbonyl (C=O) groups is 1. The molecule has 5 rings (SSSR count). The number of aliphatic hydroxyl groups excluding tert-OH is 1. The van der Waals surface area contributed by atoms with Crippen molar-refractivity contribution in [3.05, 3.63) is 18.0 Å². The van der Waals surface area contributed by atoms with Gasteiger partial charge in [0.25, 0.3) is 0 Å². The third kappa shape index (κ3) is 3.04. The first kappa shape index (κ1) is 15.9. The van der Waals surface area contributed by atoms with E-state index in [9.17, 15) is 9.90 Å². The van der Waals surface area contributed by atoms with Crippen molar-refractivity contribution >= 4 is 6.03 Å². The van der Waals surface area contributed by atoms with E-state index in [1.54, 1.807) is 10.9 Å². The fraction of sp³-hybridized carbons (Fsp3) is 0.778. The van der Waals surface area contributed by atoms with Gasteiger partial charge < -0.3 is 15.7 Å². The Morgan fingerprint density at radius 1 is 1.33 bits per heavy atom. The molecule has 4 aliphatic carbocycles. The number of hydrogen-bond donors (Lipinski definition) is 3. The van der Waals surface area contributed by atoms with Gasteiger partial charge in [-0.1, -0.05) is 0 Å². The van der Waals surface area contributed by atoms with Gasteiger partial charge in [0.15, 0.2) is 0 Å². The lowest BCUT2D eigenvalue weighted by atomic mass is 9.49. The van der Waals surface area contributed by atoms with Crippen LogP contribution in [0.1, 0.15) is 50.1 Å². The minimum Gasteiger partial charge on any atom is -0.394 e. The molecule has 0 unspecified atom stereocenters. The third-order valence-corrected chi connectivity index (χ3v) is 6.40. The highest BCUT2D eigenvalue weighted by molar-refractivity contribution is 5.74. The van der Waals surface area contributed by atoms with Gasteiger partial charge in [-0.3, -0.25) is 4.68 Å². The minimum atomic E-state index is -0.407. The summed E-state index contributed by atoms with van der Waals surface area (Å²) in [6.45, 7) is 0.643. The van der Waals surface area contributed by atoms with E-state index in [4.69, 9.17) is 0 Å². The molecule has 4 aliphatic rings. The van der Waals surface area contributed by atoms with E-state index in [0.29, 0.717) is 5.41 Å². The van der Waals surface area contributed by atoms with Crippen molar-refractivity contribution in [2.75, 3.05) is 13.2 Å². The second-order valence-electron chi connectivity index (χ2n) is 8.43. The molecule has 1 heterocycles. The molecule has 4 fully saturated rings. The molecule has 132 valence electrons. The van der Waals surface area contributed by atoms with Gasteiger partial charge in [0, 0.05) is 25.4 Å². The Kier molecular flexibility index (Phi) is 4.03. The van der Waals surface area contributed by atoms with Crippen LogP contribution in [0.25, 0.3) is 0 Å². The molecular weight excluding hydrogens is 304 g/mol. The topological polar surface area (TPSA) is 79.2 Å². The molecule has 1 aromatic rings. The molecule has 4 saturated carbocycles. The summed E-state index contributed by atoms with van der Waals surface area (Å²) in [4.78, 5) is 12.3. The first-order valence-electron chi connectivity index (χ1n) is 9.19. The second kappa shape index (κ2) is 6.06. The van der Waals surface area contributed by atoms with Gasteiger partial charge in [0.2, 0.25) is 0 Å². The SMILES string of the molecule is Cn1cc([C@H](CO)NC(=O)NCC23CC4CC(CC(C4)C2)C3)cn1. The number of urea groups is 1. The van der Waals surface area contributed by atoms with Crippen LogP contribution in [0.3, 0.4) is 0 Å². The van der Waals surface area contributed by atoms with Crippen molar-refractivity contribution in [3.8, 4) is 0 Å². The van der Waals surface area contributed by atoms with Crippen LogP contribution < -0.4 is 10.6 Å². The molecule has 1 atom stereocenters. The number of nitrogens with zero attached hydrogens (tertiary/aromatic N) is 2. The van der Waals surface area contributed by atoms with E-state index in [2.05, 4.69) is 15.7 Å². The van der Waals surface area contributed by atoms with Crippen LogP contribution in [0, 0.1) is 23.2 Å². The largest absolute Gasteiger partial charge is 0.394 e. The molecule has 6 heteroatoms. The molecule has 0 spiro atoms. The minimum absolute atomic E-state index is 0.128. The molecule has 0 aliphatic heterocycles. The lowest BCUT2D eigenvalue weighted by molar-refractivity contribution is -0.0498. The Balaban J connectivity index is 1.33. The average Bonchev–Trinajstić information content (AvgIpc) is 2.96. The van der Waals surface area contributed by atoms with Crippen LogP contribution in [0.5, 0.6) is 0 Å². The van der Waals surface area contributed by atoms with E-state index in [0.717, 1.165) is 29.9 Å². The van der Waals surface area contributed by atoms with Crippen molar-refractivity contribution < 1.29 is 9.90 Å². The maximum atomic E-state index is 12.3. The van der Waals surface area contributed by atoms with E-state index in [-0.39, 0.29) is 12.6 Å². The van der Waals surface area contributed by atoms with Gasteiger partial charge in [-0.2, -0.15) is 5.10 Å². The van der Waals surface area contributed by atoms with E-state index < -0.39 is 6.04 Å². The number of aliphatic hydroxyl groups is 1. The molecule has 24 heavy (non-hydrogen) atoms. The van der Waals surface area contributed by atoms with Crippen LogP contribution in [-0.2, 0) is 7.05 Å². The summed E-state index contributed by atoms with van der Waals surface area (Å²) in [5.74, 6) is 2.67. The first-order valence-corrected chi connectivity index (χ1v) is 9.19. The predicted molar refractivity (Wildman–Crippen MR) is 90.2 cm³/mol. The Labute approximate surface area is 143 Å². The number of aromatic nitrogens is 2. The summed E-state index contributed by atoms with van der Waals surface area (Å²) in [7, 11) is 1.82. The molecule has 0 radical (unpaired) electrons. The fourth-order valence-corrected chi connectivity index (χ4v) is 5.84. The van der Waals surface area contributed by atoms with Crippen LogP contribution >= 0.6 is 0 Å². The normalized spacial score (nSPS) is 35.0. The van der Waals surface area contributed by atoms with Crippen molar-refractivity contribution in [1.29, 1.82) is 0 Å². The highest BCUT2D eigenvalue weighted by Gasteiger charge is 2.50. The quantitative estimate of drug-likeness (QED) is 0.771. The van der Waals surface area contributed by atoms with Gasteiger partial charge in [-0.05, 0) is 61.7 Å². The molecule has 0 aromatic carbocycles. The highest BCUT2D eigenvalue weighted by Crippen LogP contribution is 2.59. The zero-order chi connectivity index (χ0) is 16.7. The van der Waals surface area contributed by atoms with Gasteiger partial charge in [-0.25, -0.2) is 4.79 Å². The zero-order valence-corrected chi connectivity index (χ0v) is 14.4. The number of carbonyl (C=O) groups excluding carboxylic acids is 1. The van der Waals surface area contributed by atoms with Gasteiger partial charge in [0.1, 0.15) is 0 Å². The number of amides is 2. The van der Waals surface area contributed by atoms with Gasteiger partial charge in [-0.15, -0.1) is 0 Å². The maximum Gasteiger partial charge on any atom is 0.315 e. The fourth-order valence-electron chi connectivity index (χ4n) is 5.84. The monoisotopic (exact) mass is 332 g/mol. The lowest BCUT2D eigenvalue weighted by Gasteiger charge is -2.56. The van der Waals surface area contributed by atoms with Crippen LogP contribution in [0.15, 0.2) is 12.4 Å². The van der Waals surface area contributed by atoms with Gasteiger partial charge >= 0.3 is 6.03 Å². The predicted octanol–water partition coefficient (Wildman–Crippen LogP) is 1.97. The molecule has 6 nitrogen and oxygen atoms in total. The van der Waals surface area contributed by atoms with Crippen molar-refractivity contribution in [1.82, 2.24) is 20.4 Å². The number of rotatable bonds is 5. The zero-order valence-electron chi connectivity index (χ0n) is 14.4. The maximum absolute atomic E-state index is 12.3. The van der Waals surface area contributed by atoms with Crippen molar-refractivity contribution in [2.45, 2.75) is 44.6 Å². The highest BCUT2D eigenvalue weighted by atomic mass is 16.3.